The van der Waals surface area contributed by atoms with Crippen molar-refractivity contribution in [2.45, 2.75) is 26.7 Å². The number of hydrogen-bond acceptors (Lipinski definition) is 9. The Morgan fingerprint density at radius 1 is 1.07 bits per heavy atom. The highest BCUT2D eigenvalue weighted by molar-refractivity contribution is 6.30. The smallest absolute Gasteiger partial charge is 0.227 e. The van der Waals surface area contributed by atoms with Crippen molar-refractivity contribution in [3.63, 3.8) is 0 Å². The largest absolute Gasteiger partial charge is 0.487 e. The van der Waals surface area contributed by atoms with E-state index in [4.69, 9.17) is 21.2 Å². The van der Waals surface area contributed by atoms with Gasteiger partial charge in [0.05, 0.1) is 32.2 Å². The van der Waals surface area contributed by atoms with Crippen LogP contribution in [0.3, 0.4) is 0 Å². The van der Waals surface area contributed by atoms with E-state index in [1.54, 1.807) is 0 Å². The highest BCUT2D eigenvalue weighted by Gasteiger charge is 2.18. The summed E-state index contributed by atoms with van der Waals surface area (Å²) in [5, 5.41) is 9.94. The molecule has 1 aliphatic heterocycles. The molecule has 150 valence electrons. The van der Waals surface area contributed by atoms with Crippen LogP contribution in [0.5, 0.6) is 0 Å². The lowest BCUT2D eigenvalue weighted by Crippen LogP contribution is -2.39. The number of hydrogen-bond donors (Lipinski definition) is 3. The van der Waals surface area contributed by atoms with E-state index in [0.717, 1.165) is 5.17 Å². The van der Waals surface area contributed by atoms with Gasteiger partial charge in [0.25, 0.3) is 0 Å². The Hall–Kier alpha value is -2.66. The van der Waals surface area contributed by atoms with Crippen LogP contribution in [0.25, 0.3) is 0 Å². The molecule has 0 aromatic rings. The van der Waals surface area contributed by atoms with Gasteiger partial charge >= 0.3 is 0 Å². The minimum absolute atomic E-state index is 0.0649. The van der Waals surface area contributed by atoms with Crippen LogP contribution in [0.4, 0.5) is 0 Å². The van der Waals surface area contributed by atoms with E-state index in [2.05, 4.69) is 21.3 Å². The summed E-state index contributed by atoms with van der Waals surface area (Å²) < 4.78 is 5.40. The topological polar surface area (TPSA) is 138 Å². The van der Waals surface area contributed by atoms with Crippen LogP contribution >= 0.6 is 11.6 Å². The molecule has 0 unspecified atom stereocenters. The van der Waals surface area contributed by atoms with Gasteiger partial charge in [0.2, 0.25) is 11.8 Å². The summed E-state index contributed by atoms with van der Waals surface area (Å²) in [4.78, 5) is 49.6. The molecule has 0 spiro atoms. The molecule has 0 bridgehead atoms. The molecule has 0 aromatic heterocycles. The summed E-state index contributed by atoms with van der Waals surface area (Å²) in [6.07, 6.45) is 0.960. The van der Waals surface area contributed by atoms with E-state index >= 15 is 0 Å². The molecule has 12 heteroatoms. The average Bonchev–Trinajstić information content (AvgIpc) is 2.56. The molecule has 0 fully saturated rings. The molecular formula is C15H22ClN5O6. The van der Waals surface area contributed by atoms with Gasteiger partial charge in [0.15, 0.2) is 10.9 Å². The summed E-state index contributed by atoms with van der Waals surface area (Å²) in [6, 6.07) is 0. The number of carbonyl (C=O) groups excluding carboxylic acids is 4. The minimum Gasteiger partial charge on any atom is -0.487 e. The molecule has 0 saturated heterocycles. The van der Waals surface area contributed by atoms with Gasteiger partial charge in [-0.25, -0.2) is 4.84 Å². The van der Waals surface area contributed by atoms with Gasteiger partial charge in [-0.05, 0) is 13.8 Å². The summed E-state index contributed by atoms with van der Waals surface area (Å²) >= 11 is 6.11. The van der Waals surface area contributed by atoms with Crippen LogP contribution in [0.2, 0.25) is 0 Å². The summed E-state index contributed by atoms with van der Waals surface area (Å²) in [5.41, 5.74) is 2.49. The lowest BCUT2D eigenvalue weighted by Gasteiger charge is -2.25. The third-order valence-corrected chi connectivity index (χ3v) is 3.20. The zero-order valence-corrected chi connectivity index (χ0v) is 15.8. The van der Waals surface area contributed by atoms with Crippen molar-refractivity contribution in [3.05, 3.63) is 10.9 Å². The van der Waals surface area contributed by atoms with E-state index < -0.39 is 5.91 Å². The van der Waals surface area contributed by atoms with Gasteiger partial charge in [-0.2, -0.15) is 10.6 Å². The maximum atomic E-state index is 11.3. The first-order chi connectivity index (χ1) is 12.8. The summed E-state index contributed by atoms with van der Waals surface area (Å²) in [6.45, 7) is 3.18. The molecule has 0 radical (unpaired) electrons. The minimum atomic E-state index is -0.395. The van der Waals surface area contributed by atoms with Crippen molar-refractivity contribution >= 4 is 41.2 Å². The first-order valence-electron chi connectivity index (χ1n) is 8.06. The van der Waals surface area contributed by atoms with Gasteiger partial charge < -0.3 is 15.4 Å². The molecule has 0 atom stereocenters. The van der Waals surface area contributed by atoms with E-state index in [1.807, 2.05) is 0 Å². The lowest BCUT2D eigenvalue weighted by molar-refractivity contribution is -0.164. The fourth-order valence-corrected chi connectivity index (χ4v) is 1.97. The van der Waals surface area contributed by atoms with Gasteiger partial charge in [-0.3, -0.25) is 19.2 Å². The Morgan fingerprint density at radius 3 is 2.19 bits per heavy atom. The van der Waals surface area contributed by atoms with Gasteiger partial charge in [0, 0.05) is 6.54 Å². The van der Waals surface area contributed by atoms with Crippen LogP contribution in [0, 0.1) is 0 Å². The lowest BCUT2D eigenvalue weighted by atomic mass is 10.3. The number of amides is 2. The Bertz CT molecular complexity index is 636. The zero-order chi connectivity index (χ0) is 20.2. The van der Waals surface area contributed by atoms with E-state index in [-0.39, 0.29) is 67.5 Å². The predicted octanol–water partition coefficient (Wildman–Crippen LogP) is -0.661. The second kappa shape index (κ2) is 11.9. The molecule has 3 N–H and O–H groups in total. The average molecular weight is 404 g/mol. The number of allylic oxidation sites excluding steroid dienone is 1. The molecule has 1 aliphatic rings. The predicted molar refractivity (Wildman–Crippen MR) is 94.9 cm³/mol. The van der Waals surface area contributed by atoms with Crippen LogP contribution in [-0.4, -0.2) is 61.1 Å². The van der Waals surface area contributed by atoms with Gasteiger partial charge in [-0.1, -0.05) is 11.6 Å². The van der Waals surface area contributed by atoms with Crippen molar-refractivity contribution in [1.29, 1.82) is 0 Å². The third-order valence-electron chi connectivity index (χ3n) is 2.86. The maximum absolute atomic E-state index is 11.3. The number of nitrogens with zero attached hydrogens (tertiary/aromatic N) is 2. The number of hydrazine groups is 1. The number of Topliss-reactive ketones (excluding diaryl/α,β-unsaturated/α-hetero) is 2. The Balaban J connectivity index is 2.32. The van der Waals surface area contributed by atoms with Crippen molar-refractivity contribution in [2.75, 3.05) is 26.3 Å². The molecule has 0 aromatic carbocycles. The molecule has 0 aliphatic carbocycles. The SMILES string of the molecule is CC(=O)CC(=O)NCCOC1=C(Cl)N(OCCNC(=O)CC(C)=O)NN=C1. The van der Waals surface area contributed by atoms with Crippen molar-refractivity contribution in [3.8, 4) is 0 Å². The van der Waals surface area contributed by atoms with Crippen molar-refractivity contribution in [2.24, 2.45) is 5.10 Å². The fourth-order valence-electron chi connectivity index (χ4n) is 1.78. The highest BCUT2D eigenvalue weighted by atomic mass is 35.5. The molecule has 27 heavy (non-hydrogen) atoms. The monoisotopic (exact) mass is 403 g/mol. The third kappa shape index (κ3) is 9.56. The van der Waals surface area contributed by atoms with Gasteiger partial charge in [-0.15, -0.1) is 5.17 Å². The Morgan fingerprint density at radius 2 is 1.63 bits per heavy atom. The van der Waals surface area contributed by atoms with Crippen LogP contribution in [0.15, 0.2) is 16.0 Å². The normalized spacial score (nSPS) is 13.1. The fraction of sp³-hybridized carbons (Fsp3) is 0.533. The molecule has 1 rings (SSSR count). The molecule has 1 heterocycles. The quantitative estimate of drug-likeness (QED) is 0.222. The summed E-state index contributed by atoms with van der Waals surface area (Å²) in [7, 11) is 0. The number of ether oxygens (including phenoxy) is 1. The Kier molecular flexibility index (Phi) is 9.83. The molecule has 11 nitrogen and oxygen atoms in total. The molecule has 0 saturated carbocycles. The van der Waals surface area contributed by atoms with Gasteiger partial charge in [0.1, 0.15) is 18.2 Å². The number of hydroxylamine groups is 1. The standard InChI is InChI=1S/C15H22ClN5O6/c1-10(22)7-13(24)17-3-5-26-12-9-19-20-21(15(12)16)27-6-4-18-14(25)8-11(2)23/h9,20H,3-8H2,1-2H3,(H,17,24)(H,18,25). The van der Waals surface area contributed by atoms with E-state index in [1.165, 1.54) is 20.1 Å². The van der Waals surface area contributed by atoms with Crippen LogP contribution < -0.4 is 16.2 Å². The first kappa shape index (κ1) is 22.4. The zero-order valence-electron chi connectivity index (χ0n) is 15.0. The molecular weight excluding hydrogens is 382 g/mol. The number of nitrogens with one attached hydrogen (secondary N) is 3. The van der Waals surface area contributed by atoms with Crippen LogP contribution in [-0.2, 0) is 28.8 Å². The number of ketones is 2. The van der Waals surface area contributed by atoms with E-state index in [9.17, 15) is 19.2 Å². The molecule has 2 amide bonds. The second-order valence-electron chi connectivity index (χ2n) is 5.45. The number of rotatable bonds is 12. The van der Waals surface area contributed by atoms with Crippen LogP contribution in [0.1, 0.15) is 26.7 Å². The van der Waals surface area contributed by atoms with Crippen molar-refractivity contribution < 1.29 is 28.8 Å². The van der Waals surface area contributed by atoms with E-state index in [0.29, 0.717) is 0 Å². The maximum Gasteiger partial charge on any atom is 0.227 e. The van der Waals surface area contributed by atoms with Crippen molar-refractivity contribution in [1.82, 2.24) is 21.3 Å². The first-order valence-corrected chi connectivity index (χ1v) is 8.44. The number of halogens is 1. The number of carbonyl (C=O) groups is 4. The number of hydrazone groups is 1. The Labute approximate surface area is 161 Å². The summed E-state index contributed by atoms with van der Waals surface area (Å²) in [5.74, 6) is -1.03. The second-order valence-corrected chi connectivity index (χ2v) is 5.80. The highest BCUT2D eigenvalue weighted by Crippen LogP contribution is 2.16.